The topological polar surface area (TPSA) is 61.0 Å². The van der Waals surface area contributed by atoms with Crippen molar-refractivity contribution in [2.45, 2.75) is 38.3 Å². The SMILES string of the molecule is C[C@H](C(=O)NCc1cccs1)N1CCC[C@H](c2ccn[nH]2)C1. The molecular formula is C16H22N4OS. The molecule has 1 saturated heterocycles. The van der Waals surface area contributed by atoms with Gasteiger partial charge in [-0.1, -0.05) is 6.07 Å². The van der Waals surface area contributed by atoms with Crippen molar-refractivity contribution in [3.63, 3.8) is 0 Å². The van der Waals surface area contributed by atoms with Gasteiger partial charge in [-0.05, 0) is 43.8 Å². The average molecular weight is 318 g/mol. The number of hydrogen-bond acceptors (Lipinski definition) is 4. The number of rotatable bonds is 5. The highest BCUT2D eigenvalue weighted by atomic mass is 32.1. The number of hydrogen-bond donors (Lipinski definition) is 2. The molecule has 118 valence electrons. The summed E-state index contributed by atoms with van der Waals surface area (Å²) in [5.41, 5.74) is 1.18. The van der Waals surface area contributed by atoms with Gasteiger partial charge in [0.05, 0.1) is 12.6 Å². The van der Waals surface area contributed by atoms with Crippen molar-refractivity contribution >= 4 is 17.2 Å². The molecule has 5 nitrogen and oxygen atoms in total. The average Bonchev–Trinajstić information content (AvgIpc) is 3.25. The Morgan fingerprint density at radius 3 is 3.23 bits per heavy atom. The Hall–Kier alpha value is -1.66. The number of likely N-dealkylation sites (tertiary alicyclic amines) is 1. The molecule has 3 rings (SSSR count). The van der Waals surface area contributed by atoms with Gasteiger partial charge >= 0.3 is 0 Å². The minimum atomic E-state index is -0.0920. The number of carbonyl (C=O) groups excluding carboxylic acids is 1. The first kappa shape index (κ1) is 15.2. The summed E-state index contributed by atoms with van der Waals surface area (Å²) in [7, 11) is 0. The molecule has 22 heavy (non-hydrogen) atoms. The molecule has 1 amide bonds. The monoisotopic (exact) mass is 318 g/mol. The van der Waals surface area contributed by atoms with Crippen LogP contribution in [0.2, 0.25) is 0 Å². The summed E-state index contributed by atoms with van der Waals surface area (Å²) >= 11 is 1.67. The lowest BCUT2D eigenvalue weighted by molar-refractivity contribution is -0.126. The zero-order chi connectivity index (χ0) is 15.4. The van der Waals surface area contributed by atoms with Crippen LogP contribution in [0.1, 0.15) is 36.3 Å². The van der Waals surface area contributed by atoms with Crippen LogP contribution >= 0.6 is 11.3 Å². The van der Waals surface area contributed by atoms with Gasteiger partial charge in [0.15, 0.2) is 0 Å². The molecule has 1 aliphatic heterocycles. The Morgan fingerprint density at radius 2 is 2.50 bits per heavy atom. The van der Waals surface area contributed by atoms with E-state index in [0.717, 1.165) is 25.9 Å². The van der Waals surface area contributed by atoms with E-state index < -0.39 is 0 Å². The van der Waals surface area contributed by atoms with Crippen molar-refractivity contribution < 1.29 is 4.79 Å². The van der Waals surface area contributed by atoms with Gasteiger partial charge in [0.2, 0.25) is 5.91 Å². The van der Waals surface area contributed by atoms with Crippen molar-refractivity contribution in [2.24, 2.45) is 0 Å². The van der Waals surface area contributed by atoms with E-state index in [-0.39, 0.29) is 11.9 Å². The molecule has 2 N–H and O–H groups in total. The molecule has 1 aliphatic rings. The fourth-order valence-electron chi connectivity index (χ4n) is 3.01. The summed E-state index contributed by atoms with van der Waals surface area (Å²) in [4.78, 5) is 15.8. The fourth-order valence-corrected chi connectivity index (χ4v) is 3.65. The Bertz CT molecular complexity index is 581. The molecule has 2 aromatic rings. The summed E-state index contributed by atoms with van der Waals surface area (Å²) in [5, 5.41) is 12.2. The number of H-pyrrole nitrogens is 1. The van der Waals surface area contributed by atoms with Crippen molar-refractivity contribution in [2.75, 3.05) is 13.1 Å². The van der Waals surface area contributed by atoms with Gasteiger partial charge in [-0.3, -0.25) is 14.8 Å². The van der Waals surface area contributed by atoms with Gasteiger partial charge in [-0.2, -0.15) is 5.10 Å². The number of carbonyl (C=O) groups is 1. The lowest BCUT2D eigenvalue weighted by atomic mass is 9.94. The van der Waals surface area contributed by atoms with E-state index in [9.17, 15) is 4.79 Å². The molecule has 0 bridgehead atoms. The van der Waals surface area contributed by atoms with Gasteiger partial charge < -0.3 is 5.32 Å². The van der Waals surface area contributed by atoms with E-state index in [1.165, 1.54) is 10.6 Å². The number of aromatic amines is 1. The molecule has 2 aromatic heterocycles. The largest absolute Gasteiger partial charge is 0.350 e. The second-order valence-electron chi connectivity index (χ2n) is 5.82. The molecule has 0 radical (unpaired) electrons. The maximum atomic E-state index is 12.4. The van der Waals surface area contributed by atoms with Gasteiger partial charge in [-0.25, -0.2) is 0 Å². The third-order valence-electron chi connectivity index (χ3n) is 4.36. The lowest BCUT2D eigenvalue weighted by Gasteiger charge is -2.35. The van der Waals surface area contributed by atoms with Crippen molar-refractivity contribution in [3.8, 4) is 0 Å². The minimum Gasteiger partial charge on any atom is -0.350 e. The number of piperidine rings is 1. The van der Waals surface area contributed by atoms with Crippen LogP contribution in [-0.2, 0) is 11.3 Å². The first-order valence-corrected chi connectivity index (χ1v) is 8.65. The van der Waals surface area contributed by atoms with Crippen LogP contribution in [0.25, 0.3) is 0 Å². The van der Waals surface area contributed by atoms with Crippen molar-refractivity contribution in [3.05, 3.63) is 40.3 Å². The maximum Gasteiger partial charge on any atom is 0.237 e. The highest BCUT2D eigenvalue weighted by Crippen LogP contribution is 2.26. The molecule has 0 saturated carbocycles. The summed E-state index contributed by atoms with van der Waals surface area (Å²) in [6, 6.07) is 6.00. The summed E-state index contributed by atoms with van der Waals surface area (Å²) < 4.78 is 0. The molecule has 0 aliphatic carbocycles. The Kier molecular flexibility index (Phi) is 4.90. The second-order valence-corrected chi connectivity index (χ2v) is 6.85. The molecule has 0 aromatic carbocycles. The quantitative estimate of drug-likeness (QED) is 0.889. The molecule has 0 spiro atoms. The Labute approximate surface area is 134 Å². The smallest absolute Gasteiger partial charge is 0.237 e. The highest BCUT2D eigenvalue weighted by Gasteiger charge is 2.28. The van der Waals surface area contributed by atoms with Crippen LogP contribution in [0.5, 0.6) is 0 Å². The van der Waals surface area contributed by atoms with E-state index in [1.54, 1.807) is 17.5 Å². The number of aromatic nitrogens is 2. The Morgan fingerprint density at radius 1 is 1.59 bits per heavy atom. The zero-order valence-corrected chi connectivity index (χ0v) is 13.6. The minimum absolute atomic E-state index is 0.0920. The highest BCUT2D eigenvalue weighted by molar-refractivity contribution is 7.09. The van der Waals surface area contributed by atoms with Gasteiger partial charge in [0.25, 0.3) is 0 Å². The summed E-state index contributed by atoms with van der Waals surface area (Å²) in [5.74, 6) is 0.558. The van der Waals surface area contributed by atoms with Gasteiger partial charge in [0, 0.05) is 29.2 Å². The first-order valence-electron chi connectivity index (χ1n) is 7.77. The summed E-state index contributed by atoms with van der Waals surface area (Å²) in [6.45, 7) is 4.52. The number of nitrogens with zero attached hydrogens (tertiary/aromatic N) is 2. The van der Waals surface area contributed by atoms with Crippen molar-refractivity contribution in [1.82, 2.24) is 20.4 Å². The van der Waals surface area contributed by atoms with Crippen LogP contribution in [0.15, 0.2) is 29.8 Å². The van der Waals surface area contributed by atoms with E-state index in [0.29, 0.717) is 12.5 Å². The van der Waals surface area contributed by atoms with Crippen LogP contribution in [0.3, 0.4) is 0 Å². The van der Waals surface area contributed by atoms with Gasteiger partial charge in [0.1, 0.15) is 0 Å². The van der Waals surface area contributed by atoms with Crippen LogP contribution in [0, 0.1) is 0 Å². The predicted octanol–water partition coefficient (Wildman–Crippen LogP) is 2.36. The molecule has 1 fully saturated rings. The molecule has 6 heteroatoms. The first-order chi connectivity index (χ1) is 10.7. The number of nitrogens with one attached hydrogen (secondary N) is 2. The van der Waals surface area contributed by atoms with Crippen molar-refractivity contribution in [1.29, 1.82) is 0 Å². The Balaban J connectivity index is 1.54. The van der Waals surface area contributed by atoms with E-state index in [4.69, 9.17) is 0 Å². The third kappa shape index (κ3) is 3.56. The van der Waals surface area contributed by atoms with Crippen LogP contribution in [-0.4, -0.2) is 40.1 Å². The summed E-state index contributed by atoms with van der Waals surface area (Å²) in [6.07, 6.45) is 4.07. The normalized spacial score (nSPS) is 20.7. The predicted molar refractivity (Wildman–Crippen MR) is 87.8 cm³/mol. The van der Waals surface area contributed by atoms with E-state index >= 15 is 0 Å². The molecule has 0 unspecified atom stereocenters. The van der Waals surface area contributed by atoms with Crippen LogP contribution < -0.4 is 5.32 Å². The molecule has 3 heterocycles. The maximum absolute atomic E-state index is 12.4. The molecule has 2 atom stereocenters. The van der Waals surface area contributed by atoms with E-state index in [1.807, 2.05) is 30.5 Å². The second kappa shape index (κ2) is 7.07. The van der Waals surface area contributed by atoms with E-state index in [2.05, 4.69) is 20.4 Å². The van der Waals surface area contributed by atoms with Gasteiger partial charge in [-0.15, -0.1) is 11.3 Å². The molecular weight excluding hydrogens is 296 g/mol. The number of thiophene rings is 1. The fraction of sp³-hybridized carbons (Fsp3) is 0.500. The third-order valence-corrected chi connectivity index (χ3v) is 5.24. The number of amides is 1. The zero-order valence-electron chi connectivity index (χ0n) is 12.8. The standard InChI is InChI=1S/C16H22N4OS/c1-12(16(21)17-10-14-5-3-9-22-14)20-8-2-4-13(11-20)15-6-7-18-19-15/h3,5-7,9,12-13H,2,4,8,10-11H2,1H3,(H,17,21)(H,18,19)/t12-,13+/m1/s1. The van der Waals surface area contributed by atoms with Crippen LogP contribution in [0.4, 0.5) is 0 Å². The lowest BCUT2D eigenvalue weighted by Crippen LogP contribution is -2.48.